The van der Waals surface area contributed by atoms with Gasteiger partial charge in [0.1, 0.15) is 11.5 Å². The Hall–Kier alpha value is -3.56. The van der Waals surface area contributed by atoms with E-state index in [2.05, 4.69) is 84.9 Å². The number of rotatable bonds is 8. The lowest BCUT2D eigenvalue weighted by Crippen LogP contribution is -2.30. The lowest BCUT2D eigenvalue weighted by atomic mass is 9.65. The highest BCUT2D eigenvalue weighted by molar-refractivity contribution is 5.60. The highest BCUT2D eigenvalue weighted by Crippen LogP contribution is 2.45. The van der Waals surface area contributed by atoms with Crippen LogP contribution in [0.5, 0.6) is 11.5 Å². The Morgan fingerprint density at radius 2 is 0.935 bits per heavy atom. The maximum absolute atomic E-state index is 5.63. The second kappa shape index (κ2) is 9.50. The molecule has 0 saturated heterocycles. The van der Waals surface area contributed by atoms with Crippen molar-refractivity contribution in [2.75, 3.05) is 21.0 Å². The Labute approximate surface area is 183 Å². The monoisotopic (exact) mass is 410 g/mol. The van der Waals surface area contributed by atoms with E-state index in [1.54, 1.807) is 14.2 Å². The second-order valence-corrected chi connectivity index (χ2v) is 7.29. The third-order valence-electron chi connectivity index (χ3n) is 5.57. The molecule has 0 fully saturated rings. The van der Waals surface area contributed by atoms with Gasteiger partial charge >= 0.3 is 0 Å². The van der Waals surface area contributed by atoms with Crippen LogP contribution in [0.1, 0.15) is 22.3 Å². The fourth-order valence-electron chi connectivity index (χ4n) is 4.15. The molecule has 156 valence electrons. The standard InChI is InChI=1S/C28H26O3/c1-29-21-31-27-19-15-25(16-20-27)28(22-9-5-3-6-10-22,23-11-7-4-8-12-23)24-13-17-26(30-2)18-14-24/h3-20H,21H2,1-2H3. The van der Waals surface area contributed by atoms with Crippen molar-refractivity contribution in [2.45, 2.75) is 5.41 Å². The first-order chi connectivity index (χ1) is 15.3. The lowest BCUT2D eigenvalue weighted by Gasteiger charge is -2.37. The van der Waals surface area contributed by atoms with Gasteiger partial charge in [-0.25, -0.2) is 0 Å². The number of benzene rings is 4. The predicted molar refractivity (Wildman–Crippen MR) is 124 cm³/mol. The maximum atomic E-state index is 5.63. The van der Waals surface area contributed by atoms with Gasteiger partial charge in [0.25, 0.3) is 0 Å². The molecule has 0 bridgehead atoms. The van der Waals surface area contributed by atoms with Crippen LogP contribution in [0.3, 0.4) is 0 Å². The van der Waals surface area contributed by atoms with Crippen molar-refractivity contribution in [3.63, 3.8) is 0 Å². The molecule has 0 aliphatic heterocycles. The van der Waals surface area contributed by atoms with Crippen LogP contribution in [0.25, 0.3) is 0 Å². The highest BCUT2D eigenvalue weighted by atomic mass is 16.7. The smallest absolute Gasteiger partial charge is 0.188 e. The van der Waals surface area contributed by atoms with Gasteiger partial charge in [-0.15, -0.1) is 0 Å². The van der Waals surface area contributed by atoms with E-state index in [9.17, 15) is 0 Å². The van der Waals surface area contributed by atoms with Gasteiger partial charge in [0.2, 0.25) is 0 Å². The van der Waals surface area contributed by atoms with E-state index in [-0.39, 0.29) is 6.79 Å². The van der Waals surface area contributed by atoms with Crippen LogP contribution in [-0.4, -0.2) is 21.0 Å². The highest BCUT2D eigenvalue weighted by Gasteiger charge is 2.38. The molecule has 0 N–H and O–H groups in total. The van der Waals surface area contributed by atoms with Crippen molar-refractivity contribution in [1.29, 1.82) is 0 Å². The molecule has 3 heteroatoms. The van der Waals surface area contributed by atoms with E-state index in [1.807, 2.05) is 24.3 Å². The van der Waals surface area contributed by atoms with Crippen molar-refractivity contribution in [3.8, 4) is 11.5 Å². The van der Waals surface area contributed by atoms with E-state index < -0.39 is 5.41 Å². The summed E-state index contributed by atoms with van der Waals surface area (Å²) in [7, 11) is 3.31. The SMILES string of the molecule is COCOc1ccc(C(c2ccccc2)(c2ccccc2)c2ccc(OC)cc2)cc1. The summed E-state index contributed by atoms with van der Waals surface area (Å²) in [5.74, 6) is 1.61. The van der Waals surface area contributed by atoms with Gasteiger partial charge in [-0.1, -0.05) is 84.9 Å². The minimum absolute atomic E-state index is 0.223. The lowest BCUT2D eigenvalue weighted by molar-refractivity contribution is 0.0511. The summed E-state index contributed by atoms with van der Waals surface area (Å²) in [6.07, 6.45) is 0. The zero-order valence-electron chi connectivity index (χ0n) is 17.8. The molecular formula is C28H26O3. The number of ether oxygens (including phenoxy) is 3. The topological polar surface area (TPSA) is 27.7 Å². The van der Waals surface area contributed by atoms with Crippen LogP contribution in [0.2, 0.25) is 0 Å². The first-order valence-corrected chi connectivity index (χ1v) is 10.3. The van der Waals surface area contributed by atoms with E-state index >= 15 is 0 Å². The van der Waals surface area contributed by atoms with Crippen LogP contribution in [0, 0.1) is 0 Å². The molecule has 0 heterocycles. The molecule has 4 aromatic carbocycles. The van der Waals surface area contributed by atoms with Crippen molar-refractivity contribution < 1.29 is 14.2 Å². The molecule has 0 aliphatic carbocycles. The molecule has 3 nitrogen and oxygen atoms in total. The molecule has 0 radical (unpaired) electrons. The molecule has 0 unspecified atom stereocenters. The van der Waals surface area contributed by atoms with E-state index in [4.69, 9.17) is 14.2 Å². The van der Waals surface area contributed by atoms with Crippen LogP contribution >= 0.6 is 0 Å². The second-order valence-electron chi connectivity index (χ2n) is 7.29. The predicted octanol–water partition coefficient (Wildman–Crippen LogP) is 6.06. The molecule has 4 aromatic rings. The molecule has 0 aromatic heterocycles. The fourth-order valence-corrected chi connectivity index (χ4v) is 4.15. The zero-order valence-corrected chi connectivity index (χ0v) is 17.8. The van der Waals surface area contributed by atoms with Gasteiger partial charge in [-0.3, -0.25) is 0 Å². The molecule has 4 rings (SSSR count). The van der Waals surface area contributed by atoms with Crippen molar-refractivity contribution in [2.24, 2.45) is 0 Å². The van der Waals surface area contributed by atoms with Gasteiger partial charge in [0, 0.05) is 7.11 Å². The third-order valence-corrected chi connectivity index (χ3v) is 5.57. The third kappa shape index (κ3) is 4.05. The zero-order chi connectivity index (χ0) is 21.5. The van der Waals surface area contributed by atoms with E-state index in [0.717, 1.165) is 22.6 Å². The quantitative estimate of drug-likeness (QED) is 0.261. The molecule has 0 saturated carbocycles. The summed E-state index contributed by atoms with van der Waals surface area (Å²) < 4.78 is 16.1. The van der Waals surface area contributed by atoms with Gasteiger partial charge in [-0.05, 0) is 46.5 Å². The molecule has 0 atom stereocenters. The largest absolute Gasteiger partial charge is 0.497 e. The van der Waals surface area contributed by atoms with Crippen molar-refractivity contribution in [3.05, 3.63) is 131 Å². The fraction of sp³-hybridized carbons (Fsp3) is 0.143. The first-order valence-electron chi connectivity index (χ1n) is 10.3. The van der Waals surface area contributed by atoms with Crippen molar-refractivity contribution >= 4 is 0 Å². The number of hydrogen-bond acceptors (Lipinski definition) is 3. The van der Waals surface area contributed by atoms with Gasteiger partial charge in [0.05, 0.1) is 12.5 Å². The average Bonchev–Trinajstić information content (AvgIpc) is 2.86. The van der Waals surface area contributed by atoms with Crippen LogP contribution in [0.4, 0.5) is 0 Å². The summed E-state index contributed by atoms with van der Waals surface area (Å²) >= 11 is 0. The van der Waals surface area contributed by atoms with Crippen LogP contribution < -0.4 is 9.47 Å². The minimum Gasteiger partial charge on any atom is -0.497 e. The summed E-state index contributed by atoms with van der Waals surface area (Å²) in [4.78, 5) is 0. The Bertz CT molecular complexity index is 1030. The number of hydrogen-bond donors (Lipinski definition) is 0. The normalized spacial score (nSPS) is 11.2. The Kier molecular flexibility index (Phi) is 6.34. The van der Waals surface area contributed by atoms with Crippen LogP contribution in [-0.2, 0) is 10.2 Å². The van der Waals surface area contributed by atoms with Gasteiger partial charge in [0.15, 0.2) is 6.79 Å². The van der Waals surface area contributed by atoms with Gasteiger partial charge < -0.3 is 14.2 Å². The summed E-state index contributed by atoms with van der Waals surface area (Å²) in [6, 6.07) is 37.8. The van der Waals surface area contributed by atoms with Crippen molar-refractivity contribution in [1.82, 2.24) is 0 Å². The summed E-state index contributed by atoms with van der Waals surface area (Å²) in [6.45, 7) is 0.223. The average molecular weight is 411 g/mol. The molecule has 0 amide bonds. The van der Waals surface area contributed by atoms with Gasteiger partial charge in [-0.2, -0.15) is 0 Å². The maximum Gasteiger partial charge on any atom is 0.188 e. The van der Waals surface area contributed by atoms with E-state index in [0.29, 0.717) is 0 Å². The number of methoxy groups -OCH3 is 2. The molecule has 0 aliphatic rings. The Morgan fingerprint density at radius 3 is 1.35 bits per heavy atom. The summed E-state index contributed by atoms with van der Waals surface area (Å²) in [5.41, 5.74) is 4.21. The summed E-state index contributed by atoms with van der Waals surface area (Å²) in [5, 5.41) is 0. The van der Waals surface area contributed by atoms with Crippen LogP contribution in [0.15, 0.2) is 109 Å². The molecule has 31 heavy (non-hydrogen) atoms. The Balaban J connectivity index is 1.98. The Morgan fingerprint density at radius 1 is 0.516 bits per heavy atom. The van der Waals surface area contributed by atoms with E-state index in [1.165, 1.54) is 11.1 Å². The molecular weight excluding hydrogens is 384 g/mol. The first kappa shape index (κ1) is 20.7. The minimum atomic E-state index is -0.491. The molecule has 0 spiro atoms.